The van der Waals surface area contributed by atoms with Crippen LogP contribution in [0.1, 0.15) is 30.2 Å². The molecule has 9 heteroatoms. The van der Waals surface area contributed by atoms with Crippen LogP contribution in [-0.2, 0) is 0 Å². The van der Waals surface area contributed by atoms with Crippen molar-refractivity contribution in [2.45, 2.75) is 19.9 Å². The number of aromatic nitrogens is 2. The molecule has 158 valence electrons. The molecule has 0 radical (unpaired) electrons. The first-order valence-electron chi connectivity index (χ1n) is 9.13. The second-order valence-corrected chi connectivity index (χ2v) is 7.53. The molecule has 2 aromatic heterocycles. The third-order valence-corrected chi connectivity index (χ3v) is 5.23. The second-order valence-electron chi connectivity index (χ2n) is 7.12. The standard InChI is InChI=1S/C21H20ClFN2O5/c1-10(2)17(9-26)25-8-14(21(28)29)18(27)13-7-12(20(30-3)24-19(13)25)11-4-5-16(23)15(22)6-11/h4-8,10,17,26H,9H2,1-3H3,(H,28,29)/t17-/m1/s1. The molecular weight excluding hydrogens is 415 g/mol. The Hall–Kier alpha value is -2.97. The fourth-order valence-electron chi connectivity index (χ4n) is 3.31. The molecule has 0 bridgehead atoms. The highest BCUT2D eigenvalue weighted by Gasteiger charge is 2.24. The lowest BCUT2D eigenvalue weighted by Gasteiger charge is -2.24. The van der Waals surface area contributed by atoms with Crippen LogP contribution in [0.25, 0.3) is 22.2 Å². The number of rotatable bonds is 6. The summed E-state index contributed by atoms with van der Waals surface area (Å²) in [5, 5.41) is 19.3. The van der Waals surface area contributed by atoms with Crippen molar-refractivity contribution in [3.05, 3.63) is 57.1 Å². The van der Waals surface area contributed by atoms with Gasteiger partial charge in [0.25, 0.3) is 0 Å². The van der Waals surface area contributed by atoms with Crippen LogP contribution in [0.15, 0.2) is 35.3 Å². The van der Waals surface area contributed by atoms with E-state index in [1.54, 1.807) is 0 Å². The maximum Gasteiger partial charge on any atom is 0.341 e. The molecule has 3 rings (SSSR count). The average molecular weight is 435 g/mol. The molecule has 0 spiro atoms. The van der Waals surface area contributed by atoms with E-state index in [-0.39, 0.29) is 34.5 Å². The first kappa shape index (κ1) is 21.7. The largest absolute Gasteiger partial charge is 0.480 e. The fraction of sp³-hybridized carbons (Fsp3) is 0.286. The molecule has 0 saturated heterocycles. The predicted molar refractivity (Wildman–Crippen MR) is 111 cm³/mol. The fourth-order valence-corrected chi connectivity index (χ4v) is 3.49. The van der Waals surface area contributed by atoms with Crippen LogP contribution in [0.4, 0.5) is 4.39 Å². The summed E-state index contributed by atoms with van der Waals surface area (Å²) in [4.78, 5) is 29.0. The van der Waals surface area contributed by atoms with Gasteiger partial charge in [-0.25, -0.2) is 9.18 Å². The van der Waals surface area contributed by atoms with Crippen molar-refractivity contribution in [3.8, 4) is 17.0 Å². The Morgan fingerprint density at radius 3 is 2.57 bits per heavy atom. The summed E-state index contributed by atoms with van der Waals surface area (Å²) >= 11 is 5.89. The van der Waals surface area contributed by atoms with E-state index in [4.69, 9.17) is 16.3 Å². The summed E-state index contributed by atoms with van der Waals surface area (Å²) in [5.41, 5.74) is -0.202. The van der Waals surface area contributed by atoms with Gasteiger partial charge in [0.05, 0.1) is 30.2 Å². The van der Waals surface area contributed by atoms with Gasteiger partial charge in [-0.05, 0) is 29.7 Å². The van der Waals surface area contributed by atoms with Gasteiger partial charge in [0.15, 0.2) is 0 Å². The van der Waals surface area contributed by atoms with Crippen LogP contribution < -0.4 is 10.2 Å². The molecular formula is C21H20ClFN2O5. The van der Waals surface area contributed by atoms with E-state index in [1.807, 2.05) is 13.8 Å². The van der Waals surface area contributed by atoms with Crippen LogP contribution >= 0.6 is 11.6 Å². The molecule has 0 saturated carbocycles. The lowest BCUT2D eigenvalue weighted by atomic mass is 10.0. The molecule has 30 heavy (non-hydrogen) atoms. The van der Waals surface area contributed by atoms with Crippen LogP contribution in [-0.4, -0.2) is 39.5 Å². The summed E-state index contributed by atoms with van der Waals surface area (Å²) in [6.45, 7) is 3.43. The molecule has 7 nitrogen and oxygen atoms in total. The van der Waals surface area contributed by atoms with Crippen LogP contribution in [0, 0.1) is 11.7 Å². The highest BCUT2D eigenvalue weighted by Crippen LogP contribution is 2.34. The summed E-state index contributed by atoms with van der Waals surface area (Å²) in [6.07, 6.45) is 1.19. The Morgan fingerprint density at radius 1 is 1.33 bits per heavy atom. The lowest BCUT2D eigenvalue weighted by Crippen LogP contribution is -2.26. The van der Waals surface area contributed by atoms with Crippen LogP contribution in [0.2, 0.25) is 5.02 Å². The van der Waals surface area contributed by atoms with E-state index >= 15 is 0 Å². The molecule has 0 aliphatic rings. The SMILES string of the molecule is COc1nc2c(cc1-c1ccc(F)c(Cl)c1)c(=O)c(C(=O)O)cn2[C@H](CO)C(C)C. The first-order valence-corrected chi connectivity index (χ1v) is 9.50. The van der Waals surface area contributed by atoms with E-state index in [1.165, 1.54) is 42.1 Å². The van der Waals surface area contributed by atoms with Gasteiger partial charge in [-0.2, -0.15) is 4.98 Å². The number of fused-ring (bicyclic) bond motifs is 1. The number of ether oxygens (including phenoxy) is 1. The summed E-state index contributed by atoms with van der Waals surface area (Å²) in [6, 6.07) is 4.93. The van der Waals surface area contributed by atoms with Crippen molar-refractivity contribution in [2.24, 2.45) is 5.92 Å². The molecule has 0 aliphatic carbocycles. The highest BCUT2D eigenvalue weighted by atomic mass is 35.5. The van der Waals surface area contributed by atoms with Gasteiger partial charge >= 0.3 is 5.97 Å². The van der Waals surface area contributed by atoms with E-state index in [2.05, 4.69) is 4.98 Å². The van der Waals surface area contributed by atoms with Gasteiger partial charge in [0, 0.05) is 11.8 Å². The van der Waals surface area contributed by atoms with Gasteiger partial charge in [0.2, 0.25) is 11.3 Å². The van der Waals surface area contributed by atoms with Crippen LogP contribution in [0.5, 0.6) is 5.88 Å². The molecule has 2 N–H and O–H groups in total. The molecule has 0 fully saturated rings. The van der Waals surface area contributed by atoms with Gasteiger partial charge in [-0.15, -0.1) is 0 Å². The summed E-state index contributed by atoms with van der Waals surface area (Å²) in [7, 11) is 1.39. The third-order valence-electron chi connectivity index (χ3n) is 4.94. The van der Waals surface area contributed by atoms with Crippen LogP contribution in [0.3, 0.4) is 0 Å². The van der Waals surface area contributed by atoms with Crippen molar-refractivity contribution in [3.63, 3.8) is 0 Å². The maximum atomic E-state index is 13.6. The molecule has 1 aromatic carbocycles. The Kier molecular flexibility index (Phi) is 6.09. The van der Waals surface area contributed by atoms with E-state index in [0.29, 0.717) is 11.1 Å². The third kappa shape index (κ3) is 3.76. The minimum atomic E-state index is -1.39. The molecule has 0 unspecified atom stereocenters. The zero-order valence-corrected chi connectivity index (χ0v) is 17.3. The van der Waals surface area contributed by atoms with Crippen molar-refractivity contribution >= 4 is 28.6 Å². The topological polar surface area (TPSA) is 102 Å². The van der Waals surface area contributed by atoms with E-state index in [9.17, 15) is 24.2 Å². The zero-order chi connectivity index (χ0) is 22.2. The number of aliphatic hydroxyl groups excluding tert-OH is 1. The van der Waals surface area contributed by atoms with Crippen molar-refractivity contribution in [1.82, 2.24) is 9.55 Å². The van der Waals surface area contributed by atoms with Crippen molar-refractivity contribution < 1.29 is 24.1 Å². The normalized spacial score (nSPS) is 12.4. The number of methoxy groups -OCH3 is 1. The number of benzene rings is 1. The number of halogens is 2. The smallest absolute Gasteiger partial charge is 0.341 e. The molecule has 3 aromatic rings. The molecule has 0 amide bonds. The predicted octanol–water partition coefficient (Wildman–Crippen LogP) is 3.75. The lowest BCUT2D eigenvalue weighted by molar-refractivity contribution is 0.0694. The first-order chi connectivity index (χ1) is 14.2. The van der Waals surface area contributed by atoms with Gasteiger partial charge in [-0.3, -0.25) is 4.79 Å². The number of aliphatic hydroxyl groups is 1. The Bertz CT molecular complexity index is 1190. The number of hydrogen-bond donors (Lipinski definition) is 2. The van der Waals surface area contributed by atoms with Crippen molar-refractivity contribution in [2.75, 3.05) is 13.7 Å². The van der Waals surface area contributed by atoms with E-state index < -0.39 is 28.8 Å². The molecule has 2 heterocycles. The van der Waals surface area contributed by atoms with E-state index in [0.717, 1.165) is 0 Å². The molecule has 0 aliphatic heterocycles. The zero-order valence-electron chi connectivity index (χ0n) is 16.5. The number of nitrogens with zero attached hydrogens (tertiary/aromatic N) is 2. The monoisotopic (exact) mass is 434 g/mol. The second kappa shape index (κ2) is 8.41. The number of carboxylic acid groups (broad SMARTS) is 1. The highest BCUT2D eigenvalue weighted by molar-refractivity contribution is 6.31. The Balaban J connectivity index is 2.43. The average Bonchev–Trinajstić information content (AvgIpc) is 2.70. The summed E-state index contributed by atoms with van der Waals surface area (Å²) in [5.74, 6) is -1.93. The van der Waals surface area contributed by atoms with Gasteiger partial charge < -0.3 is 19.5 Å². The van der Waals surface area contributed by atoms with Crippen molar-refractivity contribution in [1.29, 1.82) is 0 Å². The summed E-state index contributed by atoms with van der Waals surface area (Å²) < 4.78 is 20.5. The Labute approximate surface area is 176 Å². The molecule has 1 atom stereocenters. The quantitative estimate of drug-likeness (QED) is 0.612. The minimum absolute atomic E-state index is 0.0326. The number of hydrogen-bond acceptors (Lipinski definition) is 5. The van der Waals surface area contributed by atoms with Gasteiger partial charge in [-0.1, -0.05) is 31.5 Å². The Morgan fingerprint density at radius 2 is 2.03 bits per heavy atom. The number of aromatic carboxylic acids is 1. The minimum Gasteiger partial charge on any atom is -0.480 e. The van der Waals surface area contributed by atoms with Gasteiger partial charge in [0.1, 0.15) is 17.0 Å². The number of carboxylic acids is 1. The number of pyridine rings is 2. The maximum absolute atomic E-state index is 13.6. The number of carbonyl (C=O) groups is 1.